The number of benzene rings is 24. The fourth-order valence-corrected chi connectivity index (χ4v) is 20.0. The Bertz CT molecular complexity index is 9330. The van der Waals surface area contributed by atoms with E-state index >= 15 is 0 Å². The van der Waals surface area contributed by atoms with Crippen molar-refractivity contribution < 1.29 is 0 Å². The average molecular weight is 1650 g/mol. The molecule has 0 spiro atoms. The zero-order valence-corrected chi connectivity index (χ0v) is 70.6. The van der Waals surface area contributed by atoms with Gasteiger partial charge in [-0.1, -0.05) is 394 Å². The molecule has 0 fully saturated rings. The number of hydrogen-bond donors (Lipinski definition) is 0. The monoisotopic (exact) mass is 1650 g/mol. The van der Waals surface area contributed by atoms with E-state index in [4.69, 9.17) is 29.9 Å². The Balaban J connectivity index is 0.000000105. The van der Waals surface area contributed by atoms with Crippen molar-refractivity contribution in [3.63, 3.8) is 0 Å². The lowest BCUT2D eigenvalue weighted by atomic mass is 9.89. The third-order valence-corrected chi connectivity index (χ3v) is 26.2. The van der Waals surface area contributed by atoms with E-state index in [1.807, 2.05) is 66.7 Å². The highest BCUT2D eigenvalue weighted by atomic mass is 14.9. The van der Waals surface area contributed by atoms with Crippen LogP contribution in [0.4, 0.5) is 0 Å². The summed E-state index contributed by atoms with van der Waals surface area (Å²) in [7, 11) is 0. The molecule has 0 radical (unpaired) electrons. The first-order chi connectivity index (χ1) is 64.4. The summed E-state index contributed by atoms with van der Waals surface area (Å²) in [6.07, 6.45) is 0. The van der Waals surface area contributed by atoms with Crippen LogP contribution in [-0.4, -0.2) is 29.9 Å². The quantitative estimate of drug-likeness (QED) is 0.141. The second-order valence-corrected chi connectivity index (χ2v) is 33.8. The Hall–Kier alpha value is -17.3. The summed E-state index contributed by atoms with van der Waals surface area (Å²) in [4.78, 5) is 31.6. The Kier molecular flexibility index (Phi) is 18.2. The number of hydrogen-bond acceptors (Lipinski definition) is 6. The number of nitrogens with zero attached hydrogens (tertiary/aromatic N) is 6. The SMILES string of the molecule is c1ccc(-c2cccc(-c3nc4ccccc4nc3-c3ccc4c(ccc5c4ccc4ccc6ccccc6c45)c3)c2)cc1.c1ccc(-c2cccc(-c3nc4ccccc4nc3-c3cccc4ccc5ccc6c7ccccc7ccc6c5c34)c2)cc1.c1ccc2cc(-c3nc4ccccc4nc3-c3cc4ccccc4c4c3ccc3c5ccccc5ccc34)ccc2c1. The zero-order chi connectivity index (χ0) is 85.7. The molecule has 0 amide bonds. The molecule has 0 N–H and O–H groups in total. The Morgan fingerprint density at radius 2 is 0.392 bits per heavy atom. The molecule has 3 heterocycles. The number of aromatic nitrogens is 6. The number of para-hydroxylation sites is 6. The van der Waals surface area contributed by atoms with Crippen molar-refractivity contribution in [2.24, 2.45) is 0 Å². The third-order valence-electron chi connectivity index (χ3n) is 26.2. The zero-order valence-electron chi connectivity index (χ0n) is 70.6. The second-order valence-electron chi connectivity index (χ2n) is 33.8. The topological polar surface area (TPSA) is 77.3 Å². The summed E-state index contributed by atoms with van der Waals surface area (Å²) in [5.41, 5.74) is 21.8. The minimum absolute atomic E-state index is 0.886. The largest absolute Gasteiger partial charge is 0.244 e. The van der Waals surface area contributed by atoms with E-state index in [1.54, 1.807) is 0 Å². The van der Waals surface area contributed by atoms with Gasteiger partial charge in [-0.05, 0) is 229 Å². The lowest BCUT2D eigenvalue weighted by Gasteiger charge is -2.17. The van der Waals surface area contributed by atoms with Crippen LogP contribution in [0.25, 0.3) is 263 Å². The van der Waals surface area contributed by atoms with Crippen molar-refractivity contribution in [3.8, 4) is 89.8 Å². The highest BCUT2D eigenvalue weighted by Gasteiger charge is 2.24. The summed E-state index contributed by atoms with van der Waals surface area (Å²) in [6.45, 7) is 0. The summed E-state index contributed by atoms with van der Waals surface area (Å²) in [6, 6.07) is 164. The Morgan fingerprint density at radius 1 is 0.108 bits per heavy atom. The van der Waals surface area contributed by atoms with Crippen LogP contribution in [0.5, 0.6) is 0 Å². The third kappa shape index (κ3) is 13.1. The van der Waals surface area contributed by atoms with Crippen molar-refractivity contribution in [2.75, 3.05) is 0 Å². The summed E-state index contributed by atoms with van der Waals surface area (Å²) in [5.74, 6) is 0. The van der Waals surface area contributed by atoms with Gasteiger partial charge in [0.15, 0.2) is 0 Å². The molecule has 602 valence electrons. The molecule has 6 nitrogen and oxygen atoms in total. The van der Waals surface area contributed by atoms with Crippen molar-refractivity contribution in [1.29, 1.82) is 0 Å². The molecule has 0 aliphatic rings. The maximum absolute atomic E-state index is 5.35. The molecule has 0 aliphatic carbocycles. The van der Waals surface area contributed by atoms with Crippen LogP contribution in [0.3, 0.4) is 0 Å². The van der Waals surface area contributed by atoms with Crippen LogP contribution < -0.4 is 0 Å². The minimum atomic E-state index is 0.886. The second kappa shape index (κ2) is 31.4. The van der Waals surface area contributed by atoms with E-state index in [9.17, 15) is 0 Å². The van der Waals surface area contributed by atoms with Gasteiger partial charge in [0, 0.05) is 33.4 Å². The van der Waals surface area contributed by atoms with Crippen molar-refractivity contribution in [1.82, 2.24) is 29.9 Å². The van der Waals surface area contributed by atoms with Gasteiger partial charge in [-0.15, -0.1) is 0 Å². The van der Waals surface area contributed by atoms with Crippen LogP contribution >= 0.6 is 0 Å². The fraction of sp³-hybridized carbons (Fsp3) is 0. The van der Waals surface area contributed by atoms with Gasteiger partial charge in [0.05, 0.1) is 67.3 Å². The van der Waals surface area contributed by atoms with Gasteiger partial charge in [-0.2, -0.15) is 0 Å². The Morgan fingerprint density at radius 3 is 0.938 bits per heavy atom. The lowest BCUT2D eigenvalue weighted by molar-refractivity contribution is 1.29. The standard InChI is InChI=1S/2C42H26N2.C40H24N2/c1-2-10-27(11-3-1)31-14-8-15-32(26-31)41-42(44-38-19-7-6-18-37(38)43-41)36-17-9-13-29-20-21-30-23-24-34-33-16-5-4-12-28(33)22-25-35(34)39(30)40(29)36;1-2-9-27(10-3-1)30-12-8-13-32(25-30)41-42(44-39-16-7-6-15-38(39)43-41)33-21-22-34-31(26-33)20-24-37-36(34)23-19-29-18-17-28-11-4-5-14-35(28)40(29)37;1-2-11-27-23-29(18-17-25(27)9-1)39-40(42-37-16-8-7-15-36(37)41-39)35-24-28-12-4-6-14-31(28)38-33-20-19-26-10-3-5-13-30(26)32(33)21-22-34(35)38/h2*1-26H;1-24H. The van der Waals surface area contributed by atoms with E-state index in [0.717, 1.165) is 112 Å². The molecule has 6 heteroatoms. The van der Waals surface area contributed by atoms with Crippen LogP contribution in [0.15, 0.2) is 461 Å². The first-order valence-electron chi connectivity index (χ1n) is 44.3. The molecule has 27 rings (SSSR count). The van der Waals surface area contributed by atoms with Gasteiger partial charge < -0.3 is 0 Å². The van der Waals surface area contributed by atoms with Gasteiger partial charge in [-0.25, -0.2) is 29.9 Å². The summed E-state index contributed by atoms with van der Waals surface area (Å²) in [5, 5.41) is 32.3. The smallest absolute Gasteiger partial charge is 0.0979 e. The lowest BCUT2D eigenvalue weighted by Crippen LogP contribution is -1.97. The van der Waals surface area contributed by atoms with Crippen LogP contribution in [-0.2, 0) is 0 Å². The maximum Gasteiger partial charge on any atom is 0.0979 e. The molecule has 0 saturated carbocycles. The highest BCUT2D eigenvalue weighted by Crippen LogP contribution is 2.48. The molecular weight excluding hydrogens is 1570 g/mol. The van der Waals surface area contributed by atoms with Crippen molar-refractivity contribution in [2.45, 2.75) is 0 Å². The summed E-state index contributed by atoms with van der Waals surface area (Å²) >= 11 is 0. The van der Waals surface area contributed by atoms with Crippen LogP contribution in [0.1, 0.15) is 0 Å². The molecule has 27 aromatic rings. The van der Waals surface area contributed by atoms with Crippen LogP contribution in [0, 0.1) is 0 Å². The maximum atomic E-state index is 5.35. The molecule has 3 aromatic heterocycles. The molecular formula is C124H76N6. The summed E-state index contributed by atoms with van der Waals surface area (Å²) < 4.78 is 0. The van der Waals surface area contributed by atoms with Gasteiger partial charge in [0.25, 0.3) is 0 Å². The van der Waals surface area contributed by atoms with E-state index in [2.05, 4.69) is 394 Å². The fourth-order valence-electron chi connectivity index (χ4n) is 20.0. The van der Waals surface area contributed by atoms with E-state index < -0.39 is 0 Å². The molecule has 130 heavy (non-hydrogen) atoms. The number of rotatable bonds is 8. The predicted octanol–water partition coefficient (Wildman–Crippen LogP) is 33.2. The van der Waals surface area contributed by atoms with Crippen molar-refractivity contribution >= 4 is 173 Å². The first-order valence-corrected chi connectivity index (χ1v) is 44.3. The highest BCUT2D eigenvalue weighted by molar-refractivity contribution is 6.30. The van der Waals surface area contributed by atoms with Gasteiger partial charge >= 0.3 is 0 Å². The molecule has 0 aliphatic heterocycles. The number of fused-ring (bicyclic) bond motifs is 25. The van der Waals surface area contributed by atoms with Gasteiger partial charge in [0.1, 0.15) is 0 Å². The molecule has 24 aromatic carbocycles. The van der Waals surface area contributed by atoms with Gasteiger partial charge in [-0.3, -0.25) is 0 Å². The first kappa shape index (κ1) is 75.2. The normalized spacial score (nSPS) is 11.7. The Labute approximate surface area is 748 Å². The molecule has 0 atom stereocenters. The van der Waals surface area contributed by atoms with Crippen molar-refractivity contribution in [3.05, 3.63) is 461 Å². The van der Waals surface area contributed by atoms with E-state index in [0.29, 0.717) is 0 Å². The molecule has 0 unspecified atom stereocenters. The average Bonchev–Trinajstić information content (AvgIpc) is 0.731. The van der Waals surface area contributed by atoms with E-state index in [-0.39, 0.29) is 0 Å². The van der Waals surface area contributed by atoms with E-state index in [1.165, 1.54) is 151 Å². The molecule has 0 bridgehead atoms. The molecule has 0 saturated heterocycles. The predicted molar refractivity (Wildman–Crippen MR) is 550 cm³/mol. The minimum Gasteiger partial charge on any atom is -0.244 e. The van der Waals surface area contributed by atoms with Gasteiger partial charge in [0.2, 0.25) is 0 Å². The van der Waals surface area contributed by atoms with Crippen LogP contribution in [0.2, 0.25) is 0 Å².